The van der Waals surface area contributed by atoms with Crippen molar-refractivity contribution in [3.05, 3.63) is 119 Å². The van der Waals surface area contributed by atoms with Gasteiger partial charge in [0.15, 0.2) is 5.76 Å². The summed E-state index contributed by atoms with van der Waals surface area (Å²) >= 11 is 0. The molecule has 5 aromatic rings. The Labute approximate surface area is 202 Å². The van der Waals surface area contributed by atoms with Gasteiger partial charge < -0.3 is 19.5 Å². The van der Waals surface area contributed by atoms with Gasteiger partial charge in [0.1, 0.15) is 30.0 Å². The second-order valence-electron chi connectivity index (χ2n) is 8.02. The predicted octanol–water partition coefficient (Wildman–Crippen LogP) is 5.32. The lowest BCUT2D eigenvalue weighted by atomic mass is 10.1. The molecule has 2 N–H and O–H groups in total. The van der Waals surface area contributed by atoms with E-state index in [-0.39, 0.29) is 24.3 Å². The number of nitriles is 1. The molecule has 0 unspecified atom stereocenters. The number of para-hydroxylation sites is 3. The zero-order valence-corrected chi connectivity index (χ0v) is 18.8. The second kappa shape index (κ2) is 9.98. The zero-order chi connectivity index (χ0) is 24.0. The third-order valence-corrected chi connectivity index (χ3v) is 5.59. The largest absolute Gasteiger partial charge is 0.484 e. The van der Waals surface area contributed by atoms with E-state index < -0.39 is 0 Å². The molecule has 0 saturated carbocycles. The van der Waals surface area contributed by atoms with Crippen molar-refractivity contribution >= 4 is 16.9 Å². The summed E-state index contributed by atoms with van der Waals surface area (Å²) in [7, 11) is 0. The molecule has 0 fully saturated rings. The number of ether oxygens (including phenoxy) is 1. The Morgan fingerprint density at radius 3 is 2.60 bits per heavy atom. The summed E-state index contributed by atoms with van der Waals surface area (Å²) in [5.74, 6) is 1.43. The van der Waals surface area contributed by atoms with Crippen molar-refractivity contribution in [2.24, 2.45) is 0 Å². The average molecular weight is 463 g/mol. The first kappa shape index (κ1) is 22.0. The normalized spacial score (nSPS) is 11.6. The Hall–Kier alpha value is -4.83. The summed E-state index contributed by atoms with van der Waals surface area (Å²) in [6.07, 6.45) is 0.564. The molecule has 7 nitrogen and oxygen atoms in total. The Kier molecular flexibility index (Phi) is 6.27. The maximum absolute atomic E-state index is 13.1. The van der Waals surface area contributed by atoms with Gasteiger partial charge in [-0.2, -0.15) is 5.26 Å². The number of imidazole rings is 1. The molecule has 5 rings (SSSR count). The standard InChI is InChI=1S/C28H22N4O3/c29-17-20-10-4-7-13-25(20)34-18-21-14-15-26(35-21)28(33)32-24(16-19-8-2-1-3-9-19)27-30-22-11-5-6-12-23(22)31-27/h1-15,24H,16,18H2,(H,30,31)(H,32,33)/t24-/m0/s1. The van der Waals surface area contributed by atoms with Gasteiger partial charge in [0.25, 0.3) is 5.91 Å². The fraction of sp³-hybridized carbons (Fsp3) is 0.107. The number of hydrogen-bond acceptors (Lipinski definition) is 5. The van der Waals surface area contributed by atoms with Crippen LogP contribution in [0.4, 0.5) is 0 Å². The summed E-state index contributed by atoms with van der Waals surface area (Å²) in [5.41, 5.74) is 3.25. The summed E-state index contributed by atoms with van der Waals surface area (Å²) in [5, 5.41) is 12.3. The van der Waals surface area contributed by atoms with Crippen molar-refractivity contribution in [1.29, 1.82) is 5.26 Å². The number of aromatic nitrogens is 2. The summed E-state index contributed by atoms with van der Waals surface area (Å²) in [6.45, 7) is 0.100. The molecule has 3 aromatic carbocycles. The number of hydrogen-bond donors (Lipinski definition) is 2. The first-order chi connectivity index (χ1) is 17.2. The molecule has 0 spiro atoms. The van der Waals surface area contributed by atoms with Crippen molar-refractivity contribution in [2.45, 2.75) is 19.1 Å². The molecule has 1 atom stereocenters. The fourth-order valence-electron chi connectivity index (χ4n) is 3.84. The van der Waals surface area contributed by atoms with E-state index >= 15 is 0 Å². The molecule has 7 heteroatoms. The van der Waals surface area contributed by atoms with E-state index in [1.165, 1.54) is 0 Å². The minimum absolute atomic E-state index is 0.100. The van der Waals surface area contributed by atoms with Gasteiger partial charge in [-0.3, -0.25) is 4.79 Å². The van der Waals surface area contributed by atoms with Crippen LogP contribution in [-0.2, 0) is 13.0 Å². The monoisotopic (exact) mass is 462 g/mol. The Bertz CT molecular complexity index is 1460. The van der Waals surface area contributed by atoms with Crippen molar-refractivity contribution < 1.29 is 13.9 Å². The Balaban J connectivity index is 1.32. The number of nitrogens with zero attached hydrogens (tertiary/aromatic N) is 2. The minimum atomic E-state index is -0.385. The van der Waals surface area contributed by atoms with Crippen LogP contribution in [0.5, 0.6) is 5.75 Å². The fourth-order valence-corrected chi connectivity index (χ4v) is 3.84. The van der Waals surface area contributed by atoms with E-state index in [0.29, 0.717) is 29.3 Å². The van der Waals surface area contributed by atoms with Crippen molar-refractivity contribution in [1.82, 2.24) is 15.3 Å². The van der Waals surface area contributed by atoms with Gasteiger partial charge in [-0.15, -0.1) is 0 Å². The van der Waals surface area contributed by atoms with Crippen LogP contribution in [0.3, 0.4) is 0 Å². The van der Waals surface area contributed by atoms with Gasteiger partial charge in [0, 0.05) is 0 Å². The van der Waals surface area contributed by atoms with Gasteiger partial charge in [0.05, 0.1) is 22.6 Å². The molecule has 0 aliphatic rings. The third kappa shape index (κ3) is 5.07. The zero-order valence-electron chi connectivity index (χ0n) is 18.8. The highest BCUT2D eigenvalue weighted by Crippen LogP contribution is 2.22. The van der Waals surface area contributed by atoms with Crippen LogP contribution in [-0.4, -0.2) is 15.9 Å². The molecule has 0 radical (unpaired) electrons. The van der Waals surface area contributed by atoms with Gasteiger partial charge in [0.2, 0.25) is 0 Å². The van der Waals surface area contributed by atoms with Gasteiger partial charge in [-0.05, 0) is 48.4 Å². The van der Waals surface area contributed by atoms with Crippen LogP contribution in [0.1, 0.15) is 39.3 Å². The third-order valence-electron chi connectivity index (χ3n) is 5.59. The molecule has 35 heavy (non-hydrogen) atoms. The number of furan rings is 1. The van der Waals surface area contributed by atoms with Crippen molar-refractivity contribution in [2.75, 3.05) is 0 Å². The van der Waals surface area contributed by atoms with E-state index in [1.54, 1.807) is 36.4 Å². The van der Waals surface area contributed by atoms with Crippen molar-refractivity contribution in [3.8, 4) is 11.8 Å². The minimum Gasteiger partial charge on any atom is -0.484 e. The highest BCUT2D eigenvalue weighted by atomic mass is 16.5. The van der Waals surface area contributed by atoms with E-state index in [9.17, 15) is 10.1 Å². The van der Waals surface area contributed by atoms with Gasteiger partial charge in [-0.1, -0.05) is 54.6 Å². The number of carbonyl (C=O) groups excluding carboxylic acids is 1. The Morgan fingerprint density at radius 2 is 1.77 bits per heavy atom. The topological polar surface area (TPSA) is 104 Å². The number of nitrogens with one attached hydrogen (secondary N) is 2. The molecule has 0 aliphatic heterocycles. The molecule has 172 valence electrons. The summed E-state index contributed by atoms with van der Waals surface area (Å²) < 4.78 is 11.4. The number of aromatic amines is 1. The molecule has 0 bridgehead atoms. The smallest absolute Gasteiger partial charge is 0.287 e. The number of benzene rings is 3. The van der Waals surface area contributed by atoms with Crippen LogP contribution < -0.4 is 10.1 Å². The lowest BCUT2D eigenvalue weighted by Crippen LogP contribution is -2.30. The van der Waals surface area contributed by atoms with Crippen LogP contribution >= 0.6 is 0 Å². The number of H-pyrrole nitrogens is 1. The highest BCUT2D eigenvalue weighted by Gasteiger charge is 2.22. The van der Waals surface area contributed by atoms with Crippen LogP contribution in [0.25, 0.3) is 11.0 Å². The molecule has 2 heterocycles. The number of rotatable bonds is 8. The second-order valence-corrected chi connectivity index (χ2v) is 8.02. The summed E-state index contributed by atoms with van der Waals surface area (Å²) in [4.78, 5) is 21.1. The molecule has 1 amide bonds. The molecule has 0 aliphatic carbocycles. The van der Waals surface area contributed by atoms with E-state index in [0.717, 1.165) is 16.6 Å². The number of fused-ring (bicyclic) bond motifs is 1. The van der Waals surface area contributed by atoms with E-state index in [1.807, 2.05) is 54.6 Å². The van der Waals surface area contributed by atoms with Crippen LogP contribution in [0, 0.1) is 11.3 Å². The summed E-state index contributed by atoms with van der Waals surface area (Å²) in [6, 6.07) is 29.7. The van der Waals surface area contributed by atoms with E-state index in [4.69, 9.17) is 14.1 Å². The molecule has 0 saturated heterocycles. The maximum atomic E-state index is 13.1. The number of carbonyl (C=O) groups is 1. The molecular weight excluding hydrogens is 440 g/mol. The first-order valence-corrected chi connectivity index (χ1v) is 11.2. The average Bonchev–Trinajstić information content (AvgIpc) is 3.55. The molecule has 2 aromatic heterocycles. The quantitative estimate of drug-likeness (QED) is 0.325. The van der Waals surface area contributed by atoms with Crippen LogP contribution in [0.15, 0.2) is 95.4 Å². The predicted molar refractivity (Wildman–Crippen MR) is 131 cm³/mol. The highest BCUT2D eigenvalue weighted by molar-refractivity contribution is 5.91. The lowest BCUT2D eigenvalue weighted by molar-refractivity contribution is 0.0902. The van der Waals surface area contributed by atoms with Gasteiger partial charge in [-0.25, -0.2) is 4.98 Å². The number of amides is 1. The SMILES string of the molecule is N#Cc1ccccc1OCc1ccc(C(=O)N[C@@H](Cc2ccccc2)c2nc3ccccc3[nH]2)o1. The Morgan fingerprint density at radius 1 is 1.00 bits per heavy atom. The maximum Gasteiger partial charge on any atom is 0.287 e. The first-order valence-electron chi connectivity index (χ1n) is 11.2. The van der Waals surface area contributed by atoms with Gasteiger partial charge >= 0.3 is 0 Å². The molecular formula is C28H22N4O3. The van der Waals surface area contributed by atoms with Crippen molar-refractivity contribution in [3.63, 3.8) is 0 Å². The van der Waals surface area contributed by atoms with Crippen LogP contribution in [0.2, 0.25) is 0 Å². The van der Waals surface area contributed by atoms with E-state index in [2.05, 4.69) is 16.4 Å². The lowest BCUT2D eigenvalue weighted by Gasteiger charge is -2.16.